The number of nitrogens with one attached hydrogen (secondary N) is 3. The SMILES string of the molecule is CCC(Sc1cccc(NC(=O)/C(=C\c2cc(OC)c(OC)cc2OC)NC(=O)c2ccccc2)c1)C(=O)Nc1nc(-c2cccc(OC)c2)cs1. The predicted molar refractivity (Wildman–Crippen MR) is 206 cm³/mol. The van der Waals surface area contributed by atoms with Crippen molar-refractivity contribution in [1.82, 2.24) is 10.3 Å². The third kappa shape index (κ3) is 9.50. The number of hydrogen-bond acceptors (Lipinski definition) is 10. The number of benzene rings is 4. The van der Waals surface area contributed by atoms with Crippen LogP contribution in [0.3, 0.4) is 0 Å². The zero-order valence-corrected chi connectivity index (χ0v) is 30.9. The fraction of sp³-hybridized carbons (Fsp3) is 0.179. The van der Waals surface area contributed by atoms with Crippen LogP contribution < -0.4 is 34.9 Å². The normalized spacial score (nSPS) is 11.6. The van der Waals surface area contributed by atoms with Gasteiger partial charge in [-0.3, -0.25) is 14.4 Å². The first-order chi connectivity index (χ1) is 25.2. The number of rotatable bonds is 15. The summed E-state index contributed by atoms with van der Waals surface area (Å²) in [5.41, 5.74) is 2.89. The van der Waals surface area contributed by atoms with Crippen molar-refractivity contribution in [3.63, 3.8) is 0 Å². The number of carbonyl (C=O) groups excluding carboxylic acids is 3. The van der Waals surface area contributed by atoms with E-state index in [1.54, 1.807) is 67.8 Å². The van der Waals surface area contributed by atoms with Crippen molar-refractivity contribution < 1.29 is 33.3 Å². The number of anilines is 2. The van der Waals surface area contributed by atoms with Gasteiger partial charge in [0.05, 0.1) is 39.4 Å². The molecule has 13 heteroatoms. The minimum atomic E-state index is -0.580. The van der Waals surface area contributed by atoms with Gasteiger partial charge in [-0.1, -0.05) is 43.3 Å². The summed E-state index contributed by atoms with van der Waals surface area (Å²) in [6.07, 6.45) is 2.05. The van der Waals surface area contributed by atoms with Crippen molar-refractivity contribution in [3.05, 3.63) is 113 Å². The first-order valence-corrected chi connectivity index (χ1v) is 17.9. The van der Waals surface area contributed by atoms with E-state index in [4.69, 9.17) is 18.9 Å². The molecule has 0 bridgehead atoms. The molecule has 11 nitrogen and oxygen atoms in total. The molecule has 1 heterocycles. The zero-order chi connectivity index (χ0) is 37.0. The summed E-state index contributed by atoms with van der Waals surface area (Å²) in [6, 6.07) is 26.6. The topological polar surface area (TPSA) is 137 Å². The Morgan fingerprint density at radius 2 is 1.54 bits per heavy atom. The summed E-state index contributed by atoms with van der Waals surface area (Å²) < 4.78 is 21.7. The van der Waals surface area contributed by atoms with Crippen LogP contribution in [-0.2, 0) is 9.59 Å². The van der Waals surface area contributed by atoms with Gasteiger partial charge in [0.25, 0.3) is 11.8 Å². The first-order valence-electron chi connectivity index (χ1n) is 16.1. The molecule has 1 unspecified atom stereocenters. The highest BCUT2D eigenvalue weighted by atomic mass is 32.2. The lowest BCUT2D eigenvalue weighted by atomic mass is 10.1. The lowest BCUT2D eigenvalue weighted by molar-refractivity contribution is -0.116. The number of amides is 3. The quantitative estimate of drug-likeness (QED) is 0.0727. The third-order valence-corrected chi connectivity index (χ3v) is 9.81. The molecule has 0 fully saturated rings. The highest BCUT2D eigenvalue weighted by Crippen LogP contribution is 2.36. The minimum Gasteiger partial charge on any atom is -0.497 e. The third-order valence-electron chi connectivity index (χ3n) is 7.70. The van der Waals surface area contributed by atoms with Crippen molar-refractivity contribution in [3.8, 4) is 34.3 Å². The summed E-state index contributed by atoms with van der Waals surface area (Å²) in [7, 11) is 6.11. The van der Waals surface area contributed by atoms with Gasteiger partial charge < -0.3 is 34.9 Å². The smallest absolute Gasteiger partial charge is 0.272 e. The Labute approximate surface area is 310 Å². The van der Waals surface area contributed by atoms with Crippen molar-refractivity contribution >= 4 is 57.7 Å². The lowest BCUT2D eigenvalue weighted by Gasteiger charge is -2.16. The molecule has 268 valence electrons. The second kappa shape index (κ2) is 17.9. The summed E-state index contributed by atoms with van der Waals surface area (Å²) in [5, 5.41) is 10.5. The lowest BCUT2D eigenvalue weighted by Crippen LogP contribution is -2.30. The number of hydrogen-bond donors (Lipinski definition) is 3. The molecular formula is C39H38N4O7S2. The van der Waals surface area contributed by atoms with Crippen LogP contribution in [0.25, 0.3) is 17.3 Å². The van der Waals surface area contributed by atoms with Gasteiger partial charge in [0.15, 0.2) is 16.6 Å². The predicted octanol–water partition coefficient (Wildman–Crippen LogP) is 7.76. The monoisotopic (exact) mass is 738 g/mol. The van der Waals surface area contributed by atoms with Gasteiger partial charge in [0, 0.05) is 38.7 Å². The summed E-state index contributed by atoms with van der Waals surface area (Å²) >= 11 is 2.71. The zero-order valence-electron chi connectivity index (χ0n) is 29.2. The van der Waals surface area contributed by atoms with E-state index >= 15 is 0 Å². The standard InChI is InChI=1S/C39H38N4O7S2/c1-6-35(38(46)43-39-42-31(23-51-39)25-14-10-16-28(18-25)47-2)52-29-17-11-15-27(21-29)40-37(45)30(41-36(44)24-12-8-7-9-13-24)19-26-20-33(49-4)34(50-5)22-32(26)48-3/h7-23,35H,6H2,1-5H3,(H,40,45)(H,41,44)(H,42,43,46)/b30-19+. The van der Waals surface area contributed by atoms with E-state index in [9.17, 15) is 14.4 Å². The molecule has 0 radical (unpaired) electrons. The molecule has 5 rings (SSSR count). The Bertz CT molecular complexity index is 2070. The van der Waals surface area contributed by atoms with E-state index in [1.807, 2.05) is 42.6 Å². The molecule has 0 saturated carbocycles. The average molecular weight is 739 g/mol. The summed E-state index contributed by atoms with van der Waals surface area (Å²) in [4.78, 5) is 45.8. The molecule has 0 aliphatic rings. The molecule has 3 N–H and O–H groups in total. The number of aromatic nitrogens is 1. The van der Waals surface area contributed by atoms with Crippen LogP contribution in [0.15, 0.2) is 107 Å². The number of carbonyl (C=O) groups is 3. The minimum absolute atomic E-state index is 0.0417. The molecule has 1 atom stereocenters. The van der Waals surface area contributed by atoms with Gasteiger partial charge in [0.2, 0.25) is 5.91 Å². The fourth-order valence-electron chi connectivity index (χ4n) is 5.03. The highest BCUT2D eigenvalue weighted by Gasteiger charge is 2.21. The summed E-state index contributed by atoms with van der Waals surface area (Å²) in [6.45, 7) is 1.93. The van der Waals surface area contributed by atoms with Crippen molar-refractivity contribution in [2.45, 2.75) is 23.5 Å². The maximum absolute atomic E-state index is 13.8. The number of methoxy groups -OCH3 is 4. The van der Waals surface area contributed by atoms with E-state index in [1.165, 1.54) is 50.5 Å². The van der Waals surface area contributed by atoms with Crippen LogP contribution in [0.1, 0.15) is 29.3 Å². The van der Waals surface area contributed by atoms with Crippen LogP contribution in [0.4, 0.5) is 10.8 Å². The molecule has 0 aliphatic carbocycles. The van der Waals surface area contributed by atoms with E-state index in [-0.39, 0.29) is 11.6 Å². The van der Waals surface area contributed by atoms with E-state index in [0.29, 0.717) is 45.6 Å². The number of nitrogens with zero attached hydrogens (tertiary/aromatic N) is 1. The number of thioether (sulfide) groups is 1. The van der Waals surface area contributed by atoms with Crippen LogP contribution in [0.5, 0.6) is 23.0 Å². The molecule has 3 amide bonds. The molecule has 52 heavy (non-hydrogen) atoms. The van der Waals surface area contributed by atoms with Gasteiger partial charge in [-0.05, 0) is 61.0 Å². The van der Waals surface area contributed by atoms with E-state index in [0.717, 1.165) is 21.9 Å². The highest BCUT2D eigenvalue weighted by molar-refractivity contribution is 8.00. The van der Waals surface area contributed by atoms with Crippen molar-refractivity contribution in [2.24, 2.45) is 0 Å². The van der Waals surface area contributed by atoms with Crippen LogP contribution >= 0.6 is 23.1 Å². The largest absolute Gasteiger partial charge is 0.497 e. The van der Waals surface area contributed by atoms with Crippen molar-refractivity contribution in [2.75, 3.05) is 39.1 Å². The van der Waals surface area contributed by atoms with Gasteiger partial charge in [-0.25, -0.2) is 4.98 Å². The maximum atomic E-state index is 13.8. The van der Waals surface area contributed by atoms with E-state index < -0.39 is 17.1 Å². The Hall–Kier alpha value is -5.79. The molecule has 5 aromatic rings. The van der Waals surface area contributed by atoms with Crippen molar-refractivity contribution in [1.29, 1.82) is 0 Å². The van der Waals surface area contributed by atoms with E-state index in [2.05, 4.69) is 20.9 Å². The molecular weight excluding hydrogens is 701 g/mol. The number of thiazole rings is 1. The molecule has 4 aromatic carbocycles. The Balaban J connectivity index is 1.33. The van der Waals surface area contributed by atoms with Gasteiger partial charge in [-0.2, -0.15) is 0 Å². The molecule has 0 saturated heterocycles. The van der Waals surface area contributed by atoms with Crippen LogP contribution in [-0.4, -0.2) is 56.4 Å². The van der Waals surface area contributed by atoms with Crippen LogP contribution in [0, 0.1) is 0 Å². The van der Waals surface area contributed by atoms with Gasteiger partial charge in [0.1, 0.15) is 17.2 Å². The fourth-order valence-corrected chi connectivity index (χ4v) is 6.76. The maximum Gasteiger partial charge on any atom is 0.272 e. The molecule has 1 aromatic heterocycles. The summed E-state index contributed by atoms with van der Waals surface area (Å²) in [5.74, 6) is 0.727. The van der Waals surface area contributed by atoms with Gasteiger partial charge in [-0.15, -0.1) is 23.1 Å². The average Bonchev–Trinajstić information content (AvgIpc) is 3.65. The Morgan fingerprint density at radius 1 is 0.808 bits per heavy atom. The molecule has 0 spiro atoms. The Morgan fingerprint density at radius 3 is 2.25 bits per heavy atom. The first kappa shape index (κ1) is 37.5. The number of ether oxygens (including phenoxy) is 4. The van der Waals surface area contributed by atoms with Gasteiger partial charge >= 0.3 is 0 Å². The second-order valence-electron chi connectivity index (χ2n) is 11.1. The molecule has 0 aliphatic heterocycles. The Kier molecular flexibility index (Phi) is 12.9. The second-order valence-corrected chi connectivity index (χ2v) is 13.2. The van der Waals surface area contributed by atoms with Crippen LogP contribution in [0.2, 0.25) is 0 Å².